The van der Waals surface area contributed by atoms with Crippen molar-refractivity contribution in [1.82, 2.24) is 0 Å². The maximum Gasteiger partial charge on any atom is 0.281 e. The van der Waals surface area contributed by atoms with Crippen LogP contribution in [0.25, 0.3) is 0 Å². The Hall–Kier alpha value is -2.38. The first-order valence-electron chi connectivity index (χ1n) is 8.00. The van der Waals surface area contributed by atoms with E-state index >= 15 is 0 Å². The van der Waals surface area contributed by atoms with Gasteiger partial charge in [0.2, 0.25) is 0 Å². The van der Waals surface area contributed by atoms with Gasteiger partial charge in [0.1, 0.15) is 0 Å². The number of hydrogen-bond donors (Lipinski definition) is 1. The van der Waals surface area contributed by atoms with Crippen LogP contribution in [-0.2, 0) is 10.0 Å². The molecule has 6 nitrogen and oxygen atoms in total. The van der Waals surface area contributed by atoms with Crippen LogP contribution in [0.1, 0.15) is 36.5 Å². The summed E-state index contributed by atoms with van der Waals surface area (Å²) in [5.74, 6) is -1.08. The van der Waals surface area contributed by atoms with Crippen molar-refractivity contribution in [3.8, 4) is 0 Å². The van der Waals surface area contributed by atoms with Crippen molar-refractivity contribution in [2.45, 2.75) is 31.1 Å². The highest BCUT2D eigenvalue weighted by Crippen LogP contribution is 2.19. The fourth-order valence-corrected chi connectivity index (χ4v) is 3.28. The molecule has 26 heavy (non-hydrogen) atoms. The topological polar surface area (TPSA) is 98.7 Å². The highest BCUT2D eigenvalue weighted by Gasteiger charge is 2.13. The minimum atomic E-state index is -4.05. The molecule has 2 aromatic rings. The summed E-state index contributed by atoms with van der Waals surface area (Å²) in [7, 11) is -4.05. The van der Waals surface area contributed by atoms with Crippen molar-refractivity contribution in [3.63, 3.8) is 0 Å². The number of unbranched alkanes of at least 4 members (excludes halogenated alkanes) is 1. The van der Waals surface area contributed by atoms with Gasteiger partial charge in [-0.2, -0.15) is 12.8 Å². The number of benzene rings is 2. The minimum absolute atomic E-state index is 0.0989. The Morgan fingerprint density at radius 2 is 1.81 bits per heavy atom. The zero-order chi connectivity index (χ0) is 19.2. The molecule has 2 rings (SSSR count). The molecule has 8 heteroatoms. The second-order valence-electron chi connectivity index (χ2n) is 5.52. The molecular weight excluding hydrogens is 376 g/mol. The molecule has 1 N–H and O–H groups in total. The Labute approximate surface area is 157 Å². The van der Waals surface area contributed by atoms with Crippen LogP contribution in [0.2, 0.25) is 5.02 Å². The number of rotatable bonds is 7. The first kappa shape index (κ1) is 19.9. The quantitative estimate of drug-likeness (QED) is 0.576. The second-order valence-corrected chi connectivity index (χ2v) is 7.53. The number of nitrogens with zero attached hydrogens (tertiary/aromatic N) is 1. The summed E-state index contributed by atoms with van der Waals surface area (Å²) in [5, 5.41) is 14.5. The molecule has 0 aliphatic heterocycles. The molecule has 0 saturated carbocycles. The SMILES string of the molecule is CCCCC([O-])=NS(=O)(=O)c1ccc(NC(=O)c2ccccc2Cl)cc1. The lowest BCUT2D eigenvalue weighted by atomic mass is 10.2. The van der Waals surface area contributed by atoms with Gasteiger partial charge in [-0.25, -0.2) is 0 Å². The number of anilines is 1. The van der Waals surface area contributed by atoms with Crippen molar-refractivity contribution < 1.29 is 18.3 Å². The Bertz CT molecular complexity index is 909. The van der Waals surface area contributed by atoms with Gasteiger partial charge in [0, 0.05) is 5.69 Å². The van der Waals surface area contributed by atoms with Crippen LogP contribution in [0, 0.1) is 0 Å². The summed E-state index contributed by atoms with van der Waals surface area (Å²) >= 11 is 5.97. The minimum Gasteiger partial charge on any atom is -0.861 e. The van der Waals surface area contributed by atoms with Gasteiger partial charge < -0.3 is 10.4 Å². The molecule has 0 saturated heterocycles. The molecule has 138 valence electrons. The monoisotopic (exact) mass is 393 g/mol. The highest BCUT2D eigenvalue weighted by molar-refractivity contribution is 7.90. The molecule has 0 aromatic heterocycles. The van der Waals surface area contributed by atoms with Gasteiger partial charge in [-0.3, -0.25) is 4.79 Å². The Morgan fingerprint density at radius 3 is 2.42 bits per heavy atom. The molecule has 0 unspecified atom stereocenters. The molecule has 0 heterocycles. The van der Waals surface area contributed by atoms with Gasteiger partial charge in [0.05, 0.1) is 15.5 Å². The smallest absolute Gasteiger partial charge is 0.281 e. The Kier molecular flexibility index (Phi) is 6.76. The molecule has 0 aliphatic carbocycles. The molecule has 0 fully saturated rings. The second kappa shape index (κ2) is 8.82. The predicted molar refractivity (Wildman–Crippen MR) is 100.0 cm³/mol. The van der Waals surface area contributed by atoms with Gasteiger partial charge in [-0.05, 0) is 55.1 Å². The van der Waals surface area contributed by atoms with Crippen LogP contribution in [-0.4, -0.2) is 20.2 Å². The fourth-order valence-electron chi connectivity index (χ4n) is 2.11. The van der Waals surface area contributed by atoms with E-state index in [1.54, 1.807) is 24.3 Å². The molecule has 0 aliphatic rings. The summed E-state index contributed by atoms with van der Waals surface area (Å²) in [4.78, 5) is 12.1. The summed E-state index contributed by atoms with van der Waals surface area (Å²) in [6, 6.07) is 12.0. The average Bonchev–Trinajstić information content (AvgIpc) is 2.60. The first-order chi connectivity index (χ1) is 12.3. The van der Waals surface area contributed by atoms with Crippen LogP contribution in [0.5, 0.6) is 0 Å². The van der Waals surface area contributed by atoms with E-state index in [4.69, 9.17) is 11.6 Å². The average molecular weight is 394 g/mol. The van der Waals surface area contributed by atoms with E-state index in [2.05, 4.69) is 9.71 Å². The van der Waals surface area contributed by atoms with Crippen LogP contribution in [0.4, 0.5) is 5.69 Å². The van der Waals surface area contributed by atoms with Crippen molar-refractivity contribution >= 4 is 39.1 Å². The van der Waals surface area contributed by atoms with Gasteiger partial charge in [0.25, 0.3) is 15.9 Å². The lowest BCUT2D eigenvalue weighted by molar-refractivity contribution is -0.218. The Morgan fingerprint density at radius 1 is 1.15 bits per heavy atom. The summed E-state index contributed by atoms with van der Waals surface area (Å²) in [6.45, 7) is 1.90. The third-order valence-corrected chi connectivity index (χ3v) is 5.14. The van der Waals surface area contributed by atoms with Crippen LogP contribution in [0.3, 0.4) is 0 Å². The number of nitrogens with one attached hydrogen (secondary N) is 1. The number of sulfonamides is 1. The molecule has 0 atom stereocenters. The maximum absolute atomic E-state index is 12.2. The van der Waals surface area contributed by atoms with Crippen LogP contribution >= 0.6 is 11.6 Å². The van der Waals surface area contributed by atoms with E-state index in [-0.39, 0.29) is 11.3 Å². The molecule has 0 spiro atoms. The van der Waals surface area contributed by atoms with E-state index in [9.17, 15) is 18.3 Å². The summed E-state index contributed by atoms with van der Waals surface area (Å²) in [6.07, 6.45) is 1.47. The number of halogens is 1. The predicted octanol–water partition coefficient (Wildman–Crippen LogP) is 3.23. The third kappa shape index (κ3) is 5.31. The van der Waals surface area contributed by atoms with Gasteiger partial charge in [-0.15, -0.1) is 0 Å². The summed E-state index contributed by atoms with van der Waals surface area (Å²) < 4.78 is 27.5. The zero-order valence-corrected chi connectivity index (χ0v) is 15.7. The lowest BCUT2D eigenvalue weighted by Gasteiger charge is -2.10. The number of amides is 1. The van der Waals surface area contributed by atoms with Gasteiger partial charge >= 0.3 is 0 Å². The zero-order valence-electron chi connectivity index (χ0n) is 14.1. The third-order valence-electron chi connectivity index (χ3n) is 3.49. The van der Waals surface area contributed by atoms with Crippen LogP contribution < -0.4 is 10.4 Å². The van der Waals surface area contributed by atoms with E-state index in [1.165, 1.54) is 24.3 Å². The molecule has 2 aromatic carbocycles. The first-order valence-corrected chi connectivity index (χ1v) is 9.82. The summed E-state index contributed by atoms with van der Waals surface area (Å²) in [5.41, 5.74) is 0.702. The lowest BCUT2D eigenvalue weighted by Crippen LogP contribution is -2.19. The highest BCUT2D eigenvalue weighted by atomic mass is 35.5. The van der Waals surface area contributed by atoms with E-state index < -0.39 is 21.8 Å². The van der Waals surface area contributed by atoms with Gasteiger partial charge in [-0.1, -0.05) is 37.1 Å². The number of hydrogen-bond acceptors (Lipinski definition) is 4. The van der Waals surface area contributed by atoms with Crippen LogP contribution in [0.15, 0.2) is 57.8 Å². The molecular formula is C18H18ClN2O4S-. The number of carbonyl (C=O) groups excluding carboxylic acids is 1. The van der Waals surface area contributed by atoms with Crippen molar-refractivity contribution in [2.24, 2.45) is 4.40 Å². The number of carbonyl (C=O) groups is 1. The molecule has 0 radical (unpaired) electrons. The van der Waals surface area contributed by atoms with E-state index in [1.807, 2.05) is 6.92 Å². The molecule has 1 amide bonds. The van der Waals surface area contributed by atoms with E-state index in [0.717, 1.165) is 6.42 Å². The van der Waals surface area contributed by atoms with Crippen molar-refractivity contribution in [2.75, 3.05) is 5.32 Å². The van der Waals surface area contributed by atoms with Crippen molar-refractivity contribution in [1.29, 1.82) is 0 Å². The van der Waals surface area contributed by atoms with E-state index in [0.29, 0.717) is 22.7 Å². The fraction of sp³-hybridized carbons (Fsp3) is 0.222. The largest absolute Gasteiger partial charge is 0.861 e. The van der Waals surface area contributed by atoms with Crippen molar-refractivity contribution in [3.05, 3.63) is 59.1 Å². The standard InChI is InChI=1S/C18H19ClN2O4S/c1-2-3-8-17(22)21-26(24,25)14-11-9-13(10-12-14)20-18(23)15-6-4-5-7-16(15)19/h4-7,9-12H,2-3,8H2,1H3,(H,20,23)(H,21,22)/p-1. The Balaban J connectivity index is 2.13. The normalized spacial score (nSPS) is 12.0. The van der Waals surface area contributed by atoms with Gasteiger partial charge in [0.15, 0.2) is 0 Å². The molecule has 0 bridgehead atoms. The maximum atomic E-state index is 12.2.